The molecule has 29 heavy (non-hydrogen) atoms. The van der Waals surface area contributed by atoms with E-state index in [-0.39, 0.29) is 6.61 Å². The lowest BCUT2D eigenvalue weighted by molar-refractivity contribution is -0.142. The van der Waals surface area contributed by atoms with Crippen LogP contribution in [0.5, 0.6) is 0 Å². The van der Waals surface area contributed by atoms with Crippen molar-refractivity contribution in [3.8, 4) is 11.3 Å². The van der Waals surface area contributed by atoms with E-state index in [1.807, 2.05) is 18.2 Å². The number of rotatable bonds is 10. The minimum atomic E-state index is -0.902. The van der Waals surface area contributed by atoms with E-state index in [1.54, 1.807) is 7.11 Å². The third-order valence-corrected chi connectivity index (χ3v) is 6.39. The summed E-state index contributed by atoms with van der Waals surface area (Å²) in [5.74, 6) is 0.131. The summed E-state index contributed by atoms with van der Waals surface area (Å²) < 4.78 is 13.8. The van der Waals surface area contributed by atoms with Crippen LogP contribution >= 0.6 is 15.9 Å². The fraction of sp³-hybridized carbons (Fsp3) is 0.545. The van der Waals surface area contributed by atoms with Gasteiger partial charge in [0.2, 0.25) is 0 Å². The molecule has 0 atom stereocenters. The molecule has 3 rings (SSSR count). The second-order valence-electron chi connectivity index (χ2n) is 7.70. The zero-order valence-corrected chi connectivity index (χ0v) is 18.4. The molecule has 1 N–H and O–H groups in total. The molecule has 0 radical (unpaired) electrons. The second kappa shape index (κ2) is 10.9. The van der Waals surface area contributed by atoms with E-state index >= 15 is 0 Å². The Morgan fingerprint density at radius 3 is 2.55 bits per heavy atom. The number of carbonyl (C=O) groups is 1. The maximum atomic E-state index is 10.6. The summed E-state index contributed by atoms with van der Waals surface area (Å²) in [5, 5.41) is 13.6. The Kier molecular flexibility index (Phi) is 8.27. The first kappa shape index (κ1) is 22.0. The van der Waals surface area contributed by atoms with Crippen LogP contribution in [0.3, 0.4) is 0 Å². The molecule has 0 bridgehead atoms. The molecule has 1 aromatic heterocycles. The van der Waals surface area contributed by atoms with Crippen LogP contribution in [0.2, 0.25) is 0 Å². The maximum absolute atomic E-state index is 10.6. The average Bonchev–Trinajstić information content (AvgIpc) is 3.03. The predicted molar refractivity (Wildman–Crippen MR) is 115 cm³/mol. The Hall–Kier alpha value is -1.70. The monoisotopic (exact) mass is 464 g/mol. The summed E-state index contributed by atoms with van der Waals surface area (Å²) >= 11 is 3.78. The summed E-state index contributed by atoms with van der Waals surface area (Å²) in [6, 6.07) is 10.2. The molecular weight excluding hydrogens is 436 g/mol. The highest BCUT2D eigenvalue weighted by Gasteiger charge is 2.24. The van der Waals surface area contributed by atoms with Crippen molar-refractivity contribution in [3.05, 3.63) is 40.5 Å². The fourth-order valence-electron chi connectivity index (χ4n) is 3.98. The van der Waals surface area contributed by atoms with Crippen LogP contribution in [0, 0.1) is 11.8 Å². The highest BCUT2D eigenvalue weighted by atomic mass is 79.9. The Morgan fingerprint density at radius 2 is 1.90 bits per heavy atom. The van der Waals surface area contributed by atoms with Gasteiger partial charge < -0.3 is 14.6 Å². The van der Waals surface area contributed by atoms with Crippen molar-refractivity contribution in [2.24, 2.45) is 11.8 Å². The summed E-state index contributed by atoms with van der Waals surface area (Å²) in [6.45, 7) is 1.90. The van der Waals surface area contributed by atoms with Gasteiger partial charge in [-0.15, -0.1) is 0 Å². The van der Waals surface area contributed by atoms with Crippen molar-refractivity contribution in [2.75, 3.05) is 26.9 Å². The number of nitrogens with zero attached hydrogens (tertiary/aromatic N) is 2. The average molecular weight is 465 g/mol. The van der Waals surface area contributed by atoms with Gasteiger partial charge in [-0.25, -0.2) is 4.79 Å². The topological polar surface area (TPSA) is 73.6 Å². The van der Waals surface area contributed by atoms with E-state index in [0.717, 1.165) is 54.4 Å². The Labute approximate surface area is 180 Å². The zero-order valence-electron chi connectivity index (χ0n) is 16.8. The number of benzene rings is 1. The standard InChI is InChI=1S/C22H29BrN2O4/c1-28-12-11-19-21(23)22(18-5-3-2-4-6-18)24-25(19)13-16-7-9-17(10-8-16)14-29-15-20(26)27/h2-6,16-17H,7-15H2,1H3,(H,26,27). The number of halogens is 1. The van der Waals surface area contributed by atoms with Crippen LogP contribution in [-0.4, -0.2) is 47.8 Å². The lowest BCUT2D eigenvalue weighted by Crippen LogP contribution is -2.24. The smallest absolute Gasteiger partial charge is 0.329 e. The molecule has 7 heteroatoms. The van der Waals surface area contributed by atoms with Gasteiger partial charge in [0.15, 0.2) is 0 Å². The van der Waals surface area contributed by atoms with Crippen molar-refractivity contribution in [1.29, 1.82) is 0 Å². The minimum Gasteiger partial charge on any atom is -0.480 e. The molecule has 6 nitrogen and oxygen atoms in total. The van der Waals surface area contributed by atoms with Crippen molar-refractivity contribution in [1.82, 2.24) is 9.78 Å². The summed E-state index contributed by atoms with van der Waals surface area (Å²) in [5.41, 5.74) is 3.26. The first-order chi connectivity index (χ1) is 14.1. The molecule has 0 aliphatic heterocycles. The molecule has 158 valence electrons. The SMILES string of the molecule is COCCc1c(Br)c(-c2ccccc2)nn1CC1CCC(COCC(=O)O)CC1. The molecule has 2 aromatic rings. The van der Waals surface area contributed by atoms with Crippen molar-refractivity contribution >= 4 is 21.9 Å². The van der Waals surface area contributed by atoms with Crippen molar-refractivity contribution in [3.63, 3.8) is 0 Å². The number of carboxylic acid groups (broad SMARTS) is 1. The maximum Gasteiger partial charge on any atom is 0.329 e. The molecule has 1 saturated carbocycles. The van der Waals surface area contributed by atoms with Gasteiger partial charge in [0, 0.05) is 25.6 Å². The van der Waals surface area contributed by atoms with Gasteiger partial charge in [-0.3, -0.25) is 4.68 Å². The Bertz CT molecular complexity index is 786. The molecule has 0 unspecified atom stereocenters. The molecule has 1 aliphatic carbocycles. The van der Waals surface area contributed by atoms with E-state index in [2.05, 4.69) is 32.7 Å². The molecule has 1 fully saturated rings. The molecule has 0 spiro atoms. The molecule has 1 aliphatic rings. The van der Waals surface area contributed by atoms with Crippen LogP contribution in [0.25, 0.3) is 11.3 Å². The van der Waals surface area contributed by atoms with E-state index < -0.39 is 5.97 Å². The minimum absolute atomic E-state index is 0.202. The molecule has 1 aromatic carbocycles. The van der Waals surface area contributed by atoms with Gasteiger partial charge >= 0.3 is 5.97 Å². The lowest BCUT2D eigenvalue weighted by Gasteiger charge is -2.28. The first-order valence-electron chi connectivity index (χ1n) is 10.2. The van der Waals surface area contributed by atoms with Crippen LogP contribution in [-0.2, 0) is 27.2 Å². The third kappa shape index (κ3) is 6.14. The second-order valence-corrected chi connectivity index (χ2v) is 8.49. The molecule has 0 amide bonds. The van der Waals surface area contributed by atoms with Crippen molar-refractivity contribution in [2.45, 2.75) is 38.6 Å². The largest absolute Gasteiger partial charge is 0.480 e. The normalized spacial score (nSPS) is 19.4. The van der Waals surface area contributed by atoms with E-state index in [0.29, 0.717) is 25.0 Å². The quantitative estimate of drug-likeness (QED) is 0.563. The van der Waals surface area contributed by atoms with Crippen LogP contribution in [0.1, 0.15) is 31.4 Å². The number of aromatic nitrogens is 2. The van der Waals surface area contributed by atoms with E-state index in [1.165, 1.54) is 5.69 Å². The van der Waals surface area contributed by atoms with E-state index in [9.17, 15) is 4.79 Å². The lowest BCUT2D eigenvalue weighted by atomic mass is 9.82. The number of carboxylic acids is 1. The number of methoxy groups -OCH3 is 1. The highest BCUT2D eigenvalue weighted by Crippen LogP contribution is 2.34. The zero-order chi connectivity index (χ0) is 20.6. The third-order valence-electron chi connectivity index (χ3n) is 5.56. The fourth-order valence-corrected chi connectivity index (χ4v) is 4.69. The Morgan fingerprint density at radius 1 is 1.21 bits per heavy atom. The number of hydrogen-bond donors (Lipinski definition) is 1. The van der Waals surface area contributed by atoms with Gasteiger partial charge in [-0.1, -0.05) is 30.3 Å². The molecular formula is C22H29BrN2O4. The summed E-state index contributed by atoms with van der Waals surface area (Å²) in [4.78, 5) is 10.6. The van der Waals surface area contributed by atoms with Gasteiger partial charge in [0.25, 0.3) is 0 Å². The summed E-state index contributed by atoms with van der Waals surface area (Å²) in [6.07, 6.45) is 5.19. The van der Waals surface area contributed by atoms with Crippen LogP contribution in [0.4, 0.5) is 0 Å². The van der Waals surface area contributed by atoms with Crippen LogP contribution < -0.4 is 0 Å². The van der Waals surface area contributed by atoms with Gasteiger partial charge in [0.1, 0.15) is 12.3 Å². The van der Waals surface area contributed by atoms with Gasteiger partial charge in [0.05, 0.1) is 23.4 Å². The van der Waals surface area contributed by atoms with Crippen molar-refractivity contribution < 1.29 is 19.4 Å². The molecule has 1 heterocycles. The Balaban J connectivity index is 1.65. The number of aliphatic carboxylic acids is 1. The van der Waals surface area contributed by atoms with Gasteiger partial charge in [-0.05, 0) is 53.4 Å². The van der Waals surface area contributed by atoms with E-state index in [4.69, 9.17) is 19.7 Å². The van der Waals surface area contributed by atoms with Crippen LogP contribution in [0.15, 0.2) is 34.8 Å². The highest BCUT2D eigenvalue weighted by molar-refractivity contribution is 9.10. The number of hydrogen-bond acceptors (Lipinski definition) is 4. The number of ether oxygens (including phenoxy) is 2. The predicted octanol–water partition coefficient (Wildman–Crippen LogP) is 4.41. The summed E-state index contributed by atoms with van der Waals surface area (Å²) in [7, 11) is 1.72. The first-order valence-corrected chi connectivity index (χ1v) is 11.0. The van der Waals surface area contributed by atoms with Gasteiger partial charge in [-0.2, -0.15) is 5.10 Å². The molecule has 0 saturated heterocycles.